The Hall–Kier alpha value is -1.58. The molecule has 8 nitrogen and oxygen atoms in total. The number of rotatable bonds is 8. The van der Waals surface area contributed by atoms with E-state index >= 15 is 0 Å². The molecule has 0 radical (unpaired) electrons. The molecule has 1 amide bonds. The molecular weight excluding hydrogens is 376 g/mol. The molecule has 1 aromatic heterocycles. The number of nitrogens with one attached hydrogen (secondary N) is 2. The van der Waals surface area contributed by atoms with Crippen LogP contribution in [0.25, 0.3) is 0 Å². The van der Waals surface area contributed by atoms with Gasteiger partial charge in [0.15, 0.2) is 0 Å². The molecule has 4 rings (SSSR count). The Kier molecular flexibility index (Phi) is 5.93. The van der Waals surface area contributed by atoms with E-state index in [0.29, 0.717) is 18.0 Å². The summed E-state index contributed by atoms with van der Waals surface area (Å²) in [5.41, 5.74) is 1.44. The monoisotopic (exact) mass is 406 g/mol. The van der Waals surface area contributed by atoms with Crippen molar-refractivity contribution in [2.45, 2.75) is 51.5 Å². The lowest BCUT2D eigenvalue weighted by Crippen LogP contribution is -2.71. The standard InChI is InChI=1S/C19H30N6O2S/c1-14(26)21-8-4-5-15-9-22-18(24-12-19(13-24)10-20-11-19)23-17(15)25(28-27)16-6-2-3-7-16/h9,16,20,27H,2-8,10-13H2,1H3,(H,21,26). The van der Waals surface area contributed by atoms with E-state index in [9.17, 15) is 9.35 Å². The molecule has 1 aromatic rings. The third-order valence-corrected chi connectivity index (χ3v) is 6.76. The summed E-state index contributed by atoms with van der Waals surface area (Å²) < 4.78 is 12.0. The molecule has 9 heteroatoms. The molecule has 0 atom stereocenters. The first kappa shape index (κ1) is 19.7. The highest BCUT2D eigenvalue weighted by Crippen LogP contribution is 2.38. The van der Waals surface area contributed by atoms with E-state index in [1.807, 2.05) is 10.5 Å². The third-order valence-electron chi connectivity index (χ3n) is 6.11. The molecule has 3 aliphatic rings. The molecule has 1 saturated carbocycles. The third kappa shape index (κ3) is 4.06. The Morgan fingerprint density at radius 2 is 2.18 bits per heavy atom. The van der Waals surface area contributed by atoms with Crippen LogP contribution in [-0.4, -0.2) is 59.2 Å². The summed E-state index contributed by atoms with van der Waals surface area (Å²) in [5, 5.41) is 6.20. The minimum absolute atomic E-state index is 0.0116. The van der Waals surface area contributed by atoms with Crippen molar-refractivity contribution in [3.63, 3.8) is 0 Å². The van der Waals surface area contributed by atoms with E-state index in [4.69, 9.17) is 4.98 Å². The van der Waals surface area contributed by atoms with Crippen LogP contribution >= 0.6 is 12.2 Å². The van der Waals surface area contributed by atoms with Crippen LogP contribution in [0.2, 0.25) is 0 Å². The average molecular weight is 407 g/mol. The number of hydrogen-bond donors (Lipinski definition) is 3. The van der Waals surface area contributed by atoms with Gasteiger partial charge >= 0.3 is 0 Å². The van der Waals surface area contributed by atoms with Crippen LogP contribution in [0.5, 0.6) is 0 Å². The SMILES string of the molecule is CC(=O)NCCCc1cnc(N2CC3(CNC3)C2)nc1N(SO)C1CCCC1. The number of nitrogens with zero attached hydrogens (tertiary/aromatic N) is 4. The molecule has 1 spiro atoms. The molecule has 28 heavy (non-hydrogen) atoms. The Labute approximate surface area is 170 Å². The fourth-order valence-electron chi connectivity index (χ4n) is 4.48. The predicted molar refractivity (Wildman–Crippen MR) is 112 cm³/mol. The summed E-state index contributed by atoms with van der Waals surface area (Å²) in [6, 6.07) is 0.311. The molecule has 1 aliphatic carbocycles. The van der Waals surface area contributed by atoms with E-state index in [-0.39, 0.29) is 5.91 Å². The number of carbonyl (C=O) groups excluding carboxylic acids is 1. The quantitative estimate of drug-likeness (QED) is 0.342. The van der Waals surface area contributed by atoms with Crippen molar-refractivity contribution in [3.05, 3.63) is 11.8 Å². The van der Waals surface area contributed by atoms with Crippen LogP contribution in [0.15, 0.2) is 6.20 Å². The molecule has 154 valence electrons. The van der Waals surface area contributed by atoms with Crippen molar-refractivity contribution in [2.75, 3.05) is 41.9 Å². The summed E-state index contributed by atoms with van der Waals surface area (Å²) in [4.78, 5) is 22.9. The van der Waals surface area contributed by atoms with Crippen molar-refractivity contribution in [1.29, 1.82) is 0 Å². The second-order valence-electron chi connectivity index (χ2n) is 8.41. The largest absolute Gasteiger partial charge is 0.356 e. The number of carbonyl (C=O) groups is 1. The topological polar surface area (TPSA) is 93.6 Å². The molecule has 3 heterocycles. The van der Waals surface area contributed by atoms with Gasteiger partial charge in [-0.1, -0.05) is 12.8 Å². The maximum atomic E-state index is 11.1. The molecule has 2 aliphatic heterocycles. The van der Waals surface area contributed by atoms with Gasteiger partial charge in [-0.3, -0.25) is 9.10 Å². The van der Waals surface area contributed by atoms with Crippen LogP contribution in [0.3, 0.4) is 0 Å². The highest BCUT2D eigenvalue weighted by Gasteiger charge is 2.48. The molecular formula is C19H30N6O2S. The molecule has 3 N–H and O–H groups in total. The second-order valence-corrected chi connectivity index (χ2v) is 8.97. The first-order chi connectivity index (χ1) is 13.6. The van der Waals surface area contributed by atoms with Crippen molar-refractivity contribution in [2.24, 2.45) is 5.41 Å². The average Bonchev–Trinajstić information content (AvgIpc) is 3.12. The van der Waals surface area contributed by atoms with Gasteiger partial charge in [-0.05, 0) is 25.7 Å². The predicted octanol–water partition coefficient (Wildman–Crippen LogP) is 1.83. The Morgan fingerprint density at radius 3 is 2.79 bits per heavy atom. The van der Waals surface area contributed by atoms with Gasteiger partial charge in [0.25, 0.3) is 0 Å². The van der Waals surface area contributed by atoms with Gasteiger partial charge in [0.1, 0.15) is 18.0 Å². The number of anilines is 2. The fraction of sp³-hybridized carbons (Fsp3) is 0.737. The maximum Gasteiger partial charge on any atom is 0.227 e. The van der Waals surface area contributed by atoms with Gasteiger partial charge < -0.3 is 20.1 Å². The van der Waals surface area contributed by atoms with Crippen LogP contribution in [-0.2, 0) is 11.2 Å². The van der Waals surface area contributed by atoms with Crippen molar-refractivity contribution >= 4 is 29.9 Å². The first-order valence-electron chi connectivity index (χ1n) is 10.3. The summed E-state index contributed by atoms with van der Waals surface area (Å²) in [5.74, 6) is 1.58. The lowest BCUT2D eigenvalue weighted by molar-refractivity contribution is -0.118. The lowest BCUT2D eigenvalue weighted by Gasteiger charge is -2.56. The van der Waals surface area contributed by atoms with Crippen LogP contribution in [0, 0.1) is 5.41 Å². The van der Waals surface area contributed by atoms with E-state index in [2.05, 4.69) is 20.5 Å². The number of amides is 1. The van der Waals surface area contributed by atoms with Gasteiger partial charge in [0.2, 0.25) is 11.9 Å². The van der Waals surface area contributed by atoms with Crippen molar-refractivity contribution in [3.8, 4) is 0 Å². The van der Waals surface area contributed by atoms with Crippen LogP contribution in [0.4, 0.5) is 11.8 Å². The molecule has 0 aromatic carbocycles. The summed E-state index contributed by atoms with van der Waals surface area (Å²) >= 11 is 0.785. The molecule has 2 saturated heterocycles. The zero-order valence-electron chi connectivity index (χ0n) is 16.5. The minimum Gasteiger partial charge on any atom is -0.356 e. The Balaban J connectivity index is 1.51. The maximum absolute atomic E-state index is 11.1. The molecule has 0 unspecified atom stereocenters. The van der Waals surface area contributed by atoms with Gasteiger partial charge in [0, 0.05) is 62.9 Å². The van der Waals surface area contributed by atoms with E-state index in [1.54, 1.807) is 0 Å². The fourth-order valence-corrected chi connectivity index (χ4v) is 5.06. The first-order valence-corrected chi connectivity index (χ1v) is 11.0. The second kappa shape index (κ2) is 8.42. The van der Waals surface area contributed by atoms with Gasteiger partial charge in [-0.25, -0.2) is 4.98 Å². The van der Waals surface area contributed by atoms with Crippen LogP contribution < -0.4 is 19.8 Å². The van der Waals surface area contributed by atoms with Crippen molar-refractivity contribution < 1.29 is 9.35 Å². The number of hydrogen-bond acceptors (Lipinski definition) is 8. The van der Waals surface area contributed by atoms with Gasteiger partial charge in [-0.15, -0.1) is 0 Å². The smallest absolute Gasteiger partial charge is 0.227 e. The summed E-state index contributed by atoms with van der Waals surface area (Å²) in [6.45, 7) is 6.32. The summed E-state index contributed by atoms with van der Waals surface area (Å²) in [7, 11) is 0. The van der Waals surface area contributed by atoms with Crippen molar-refractivity contribution in [1.82, 2.24) is 20.6 Å². The highest BCUT2D eigenvalue weighted by atomic mass is 32.2. The zero-order valence-corrected chi connectivity index (χ0v) is 17.3. The zero-order chi connectivity index (χ0) is 19.6. The number of aromatic nitrogens is 2. The van der Waals surface area contributed by atoms with Gasteiger partial charge in [0.05, 0.1) is 0 Å². The molecule has 0 bridgehead atoms. The van der Waals surface area contributed by atoms with E-state index in [0.717, 1.165) is 81.4 Å². The molecule has 3 fully saturated rings. The highest BCUT2D eigenvalue weighted by molar-refractivity contribution is 7.95. The number of aryl methyl sites for hydroxylation is 1. The minimum atomic E-state index is -0.0116. The normalized spacial score (nSPS) is 20.7. The van der Waals surface area contributed by atoms with E-state index < -0.39 is 0 Å². The van der Waals surface area contributed by atoms with E-state index in [1.165, 1.54) is 19.8 Å². The van der Waals surface area contributed by atoms with Crippen LogP contribution in [0.1, 0.15) is 44.6 Å². The lowest BCUT2D eigenvalue weighted by atomic mass is 9.75. The van der Waals surface area contributed by atoms with Gasteiger partial charge in [-0.2, -0.15) is 4.98 Å². The summed E-state index contributed by atoms with van der Waals surface area (Å²) in [6.07, 6.45) is 8.05. The Bertz CT molecular complexity index is 700. The Morgan fingerprint density at radius 1 is 1.43 bits per heavy atom.